The van der Waals surface area contributed by atoms with E-state index in [9.17, 15) is 0 Å². The fourth-order valence-electron chi connectivity index (χ4n) is 2.57. The van der Waals surface area contributed by atoms with E-state index >= 15 is 0 Å². The molecule has 98 valence electrons. The molecule has 0 radical (unpaired) electrons. The molecule has 0 aromatic rings. The van der Waals surface area contributed by atoms with Crippen LogP contribution in [0.25, 0.3) is 0 Å². The maximum atomic E-state index is 4.48. The molecule has 0 fully saturated rings. The molecule has 0 saturated heterocycles. The second-order valence-corrected chi connectivity index (χ2v) is 5.13. The minimum Gasteiger partial charge on any atom is -0.310 e. The molecule has 1 aliphatic heterocycles. The van der Waals surface area contributed by atoms with Crippen LogP contribution in [0.4, 0.5) is 0 Å². The summed E-state index contributed by atoms with van der Waals surface area (Å²) in [5.74, 6) is 0. The van der Waals surface area contributed by atoms with Gasteiger partial charge in [-0.3, -0.25) is 4.99 Å². The minimum absolute atomic E-state index is 0.123. The number of hydrogen-bond acceptors (Lipinski definition) is 2. The molecule has 0 saturated carbocycles. The molecule has 0 bridgehead atoms. The summed E-state index contributed by atoms with van der Waals surface area (Å²) in [5.41, 5.74) is 0.123. The molecular weight excluding hydrogens is 208 g/mol. The second kappa shape index (κ2) is 8.46. The average Bonchev–Trinajstić information content (AvgIpc) is 2.33. The molecule has 1 aliphatic rings. The molecule has 17 heavy (non-hydrogen) atoms. The lowest BCUT2D eigenvalue weighted by atomic mass is 9.88. The highest BCUT2D eigenvalue weighted by atomic mass is 15.0. The number of nitrogens with one attached hydrogen (secondary N) is 1. The monoisotopic (exact) mass is 236 g/mol. The van der Waals surface area contributed by atoms with Crippen LogP contribution in [0.1, 0.15) is 64.7 Å². The van der Waals surface area contributed by atoms with E-state index in [-0.39, 0.29) is 5.54 Å². The Morgan fingerprint density at radius 1 is 1.18 bits per heavy atom. The largest absolute Gasteiger partial charge is 0.310 e. The summed E-state index contributed by atoms with van der Waals surface area (Å²) in [6, 6.07) is 0. The van der Waals surface area contributed by atoms with Crippen molar-refractivity contribution in [3.8, 4) is 0 Å². The van der Waals surface area contributed by atoms with Gasteiger partial charge in [0.25, 0.3) is 0 Å². The number of hydrogen-bond donors (Lipinski definition) is 1. The van der Waals surface area contributed by atoms with Gasteiger partial charge in [-0.25, -0.2) is 0 Å². The third-order valence-electron chi connectivity index (χ3n) is 3.70. The fraction of sp³-hybridized carbons (Fsp3) is 0.800. The molecule has 1 heterocycles. The zero-order valence-electron chi connectivity index (χ0n) is 11.5. The Hall–Kier alpha value is -0.630. The van der Waals surface area contributed by atoms with Gasteiger partial charge in [0.2, 0.25) is 0 Å². The quantitative estimate of drug-likeness (QED) is 0.784. The van der Waals surface area contributed by atoms with Crippen LogP contribution in [0.15, 0.2) is 17.3 Å². The van der Waals surface area contributed by atoms with Crippen molar-refractivity contribution in [1.29, 1.82) is 0 Å². The summed E-state index contributed by atoms with van der Waals surface area (Å²) in [4.78, 5) is 4.48. The highest BCUT2D eigenvalue weighted by molar-refractivity contribution is 5.70. The summed E-state index contributed by atoms with van der Waals surface area (Å²) in [6.07, 6.45) is 17.8. The summed E-state index contributed by atoms with van der Waals surface area (Å²) >= 11 is 0. The van der Waals surface area contributed by atoms with Crippen molar-refractivity contribution in [3.63, 3.8) is 0 Å². The van der Waals surface area contributed by atoms with Gasteiger partial charge in [-0.2, -0.15) is 0 Å². The van der Waals surface area contributed by atoms with Gasteiger partial charge in [0.15, 0.2) is 0 Å². The fourth-order valence-corrected chi connectivity index (χ4v) is 2.57. The van der Waals surface area contributed by atoms with Crippen molar-refractivity contribution in [1.82, 2.24) is 5.32 Å². The van der Waals surface area contributed by atoms with Gasteiger partial charge in [0.05, 0.1) is 5.54 Å². The molecule has 1 N–H and O–H groups in total. The van der Waals surface area contributed by atoms with Crippen LogP contribution in [0, 0.1) is 0 Å². The predicted octanol–water partition coefficient (Wildman–Crippen LogP) is 4.07. The number of nitrogens with zero attached hydrogens (tertiary/aromatic N) is 1. The van der Waals surface area contributed by atoms with E-state index in [2.05, 4.69) is 36.6 Å². The third kappa shape index (κ3) is 5.49. The topological polar surface area (TPSA) is 24.4 Å². The third-order valence-corrected chi connectivity index (χ3v) is 3.70. The summed E-state index contributed by atoms with van der Waals surface area (Å²) in [5, 5.41) is 3.49. The van der Waals surface area contributed by atoms with Crippen LogP contribution in [0.5, 0.6) is 0 Å². The summed E-state index contributed by atoms with van der Waals surface area (Å²) in [7, 11) is 2.07. The lowest BCUT2D eigenvalue weighted by Gasteiger charge is -2.29. The van der Waals surface area contributed by atoms with E-state index < -0.39 is 0 Å². The van der Waals surface area contributed by atoms with E-state index in [0.29, 0.717) is 0 Å². The molecule has 0 amide bonds. The second-order valence-electron chi connectivity index (χ2n) is 5.13. The average molecular weight is 236 g/mol. The molecule has 2 nitrogen and oxygen atoms in total. The van der Waals surface area contributed by atoms with Crippen LogP contribution in [0.3, 0.4) is 0 Å². The summed E-state index contributed by atoms with van der Waals surface area (Å²) < 4.78 is 0. The molecule has 1 rings (SSSR count). The Morgan fingerprint density at radius 3 is 2.71 bits per heavy atom. The van der Waals surface area contributed by atoms with Crippen LogP contribution in [0.2, 0.25) is 0 Å². The Labute approximate surface area is 107 Å². The van der Waals surface area contributed by atoms with Crippen molar-refractivity contribution < 1.29 is 0 Å². The van der Waals surface area contributed by atoms with Crippen LogP contribution in [-0.4, -0.2) is 18.8 Å². The number of aliphatic imine (C=N–C) groups is 1. The minimum atomic E-state index is 0.123. The van der Waals surface area contributed by atoms with E-state index in [0.717, 1.165) is 0 Å². The molecule has 0 spiro atoms. The van der Waals surface area contributed by atoms with Crippen molar-refractivity contribution in [2.24, 2.45) is 4.99 Å². The van der Waals surface area contributed by atoms with E-state index in [4.69, 9.17) is 0 Å². The zero-order chi connectivity index (χ0) is 12.4. The molecule has 0 aromatic heterocycles. The van der Waals surface area contributed by atoms with E-state index in [1.54, 1.807) is 0 Å². The van der Waals surface area contributed by atoms with Crippen molar-refractivity contribution in [2.75, 3.05) is 7.05 Å². The maximum absolute atomic E-state index is 4.48. The molecule has 0 aliphatic carbocycles. The summed E-state index contributed by atoms with van der Waals surface area (Å²) in [6.45, 7) is 2.25. The lowest BCUT2D eigenvalue weighted by Crippen LogP contribution is -2.44. The Morgan fingerprint density at radius 2 is 1.94 bits per heavy atom. The maximum Gasteiger partial charge on any atom is 0.0535 e. The Bertz CT molecular complexity index is 245. The lowest BCUT2D eigenvalue weighted by molar-refractivity contribution is 0.390. The van der Waals surface area contributed by atoms with Crippen LogP contribution in [-0.2, 0) is 0 Å². The number of rotatable bonds is 3. The van der Waals surface area contributed by atoms with Crippen molar-refractivity contribution in [2.45, 2.75) is 70.3 Å². The molecule has 0 aromatic carbocycles. The Balaban J connectivity index is 2.67. The van der Waals surface area contributed by atoms with Gasteiger partial charge in [-0.15, -0.1) is 0 Å². The molecule has 1 unspecified atom stereocenters. The standard InChI is InChI=1S/C15H28N2/c1-3-11-15(16-2)12-9-7-5-4-6-8-10-13-17-14-15/h10,13-14,16H,3-9,11-12H2,1-2H3/b13-10-,17-14-. The van der Waals surface area contributed by atoms with Gasteiger partial charge in [0.1, 0.15) is 0 Å². The van der Waals surface area contributed by atoms with Crippen molar-refractivity contribution in [3.05, 3.63) is 12.3 Å². The van der Waals surface area contributed by atoms with Gasteiger partial charge < -0.3 is 5.32 Å². The predicted molar refractivity (Wildman–Crippen MR) is 76.6 cm³/mol. The SMILES string of the molecule is CCCC1(NC)/C=N\C=C/CCCCCCC1. The normalized spacial score (nSPS) is 31.2. The van der Waals surface area contributed by atoms with E-state index in [1.165, 1.54) is 57.8 Å². The first-order valence-corrected chi connectivity index (χ1v) is 7.21. The smallest absolute Gasteiger partial charge is 0.0535 e. The van der Waals surface area contributed by atoms with Gasteiger partial charge in [-0.05, 0) is 32.7 Å². The Kier molecular flexibility index (Phi) is 7.18. The van der Waals surface area contributed by atoms with Crippen molar-refractivity contribution >= 4 is 6.21 Å². The first-order chi connectivity index (χ1) is 8.33. The van der Waals surface area contributed by atoms with Gasteiger partial charge in [-0.1, -0.05) is 45.1 Å². The number of allylic oxidation sites excluding steroid dienone is 1. The molecule has 1 atom stereocenters. The van der Waals surface area contributed by atoms with E-state index in [1.807, 2.05) is 6.20 Å². The molecule has 2 heteroatoms. The highest BCUT2D eigenvalue weighted by Crippen LogP contribution is 2.20. The van der Waals surface area contributed by atoms with Gasteiger partial charge in [0, 0.05) is 12.4 Å². The van der Waals surface area contributed by atoms with Crippen LogP contribution < -0.4 is 5.32 Å². The highest BCUT2D eigenvalue weighted by Gasteiger charge is 2.24. The zero-order valence-corrected chi connectivity index (χ0v) is 11.5. The van der Waals surface area contributed by atoms with Crippen LogP contribution >= 0.6 is 0 Å². The first kappa shape index (κ1) is 14.4. The first-order valence-electron chi connectivity index (χ1n) is 7.21. The molecular formula is C15H28N2. The van der Waals surface area contributed by atoms with Gasteiger partial charge >= 0.3 is 0 Å².